The molecular formula is C18H13FN4O2S. The van der Waals surface area contributed by atoms with Gasteiger partial charge < -0.3 is 4.42 Å². The molecule has 1 aromatic carbocycles. The molecule has 0 spiro atoms. The average Bonchev–Trinajstić information content (AvgIpc) is 3.10. The molecule has 0 aliphatic carbocycles. The smallest absolute Gasteiger partial charge is 0.277 e. The first-order valence-corrected chi connectivity index (χ1v) is 8.79. The van der Waals surface area contributed by atoms with Crippen LogP contribution in [0.3, 0.4) is 0 Å². The fourth-order valence-corrected chi connectivity index (χ4v) is 3.14. The average molecular weight is 368 g/mol. The van der Waals surface area contributed by atoms with Gasteiger partial charge >= 0.3 is 0 Å². The monoisotopic (exact) mass is 368 g/mol. The van der Waals surface area contributed by atoms with Crippen molar-refractivity contribution in [3.05, 3.63) is 76.1 Å². The fourth-order valence-electron chi connectivity index (χ4n) is 2.48. The topological polar surface area (TPSA) is 73.3 Å². The van der Waals surface area contributed by atoms with Crippen LogP contribution in [-0.2, 0) is 5.75 Å². The highest BCUT2D eigenvalue weighted by atomic mass is 32.2. The predicted octanol–water partition coefficient (Wildman–Crippen LogP) is 3.48. The Hall–Kier alpha value is -3.00. The van der Waals surface area contributed by atoms with E-state index in [1.54, 1.807) is 30.5 Å². The maximum atomic E-state index is 13.8. The summed E-state index contributed by atoms with van der Waals surface area (Å²) in [6.45, 7) is 1.92. The minimum Gasteiger partial charge on any atom is -0.411 e. The van der Waals surface area contributed by atoms with Crippen molar-refractivity contribution in [1.29, 1.82) is 0 Å². The van der Waals surface area contributed by atoms with Crippen LogP contribution < -0.4 is 5.56 Å². The number of hydrogen-bond acceptors (Lipinski definition) is 6. The summed E-state index contributed by atoms with van der Waals surface area (Å²) in [5, 5.41) is 8.07. The van der Waals surface area contributed by atoms with Crippen LogP contribution in [-0.4, -0.2) is 19.6 Å². The van der Waals surface area contributed by atoms with Crippen LogP contribution in [0.1, 0.15) is 11.3 Å². The Morgan fingerprint density at radius 3 is 2.88 bits per heavy atom. The minimum absolute atomic E-state index is 0.118. The molecule has 0 aliphatic heterocycles. The van der Waals surface area contributed by atoms with Gasteiger partial charge in [-0.25, -0.2) is 9.37 Å². The van der Waals surface area contributed by atoms with Crippen molar-refractivity contribution in [2.45, 2.75) is 17.9 Å². The van der Waals surface area contributed by atoms with Crippen molar-refractivity contribution < 1.29 is 8.81 Å². The molecule has 3 heterocycles. The number of aromatic nitrogens is 4. The molecule has 0 bridgehead atoms. The lowest BCUT2D eigenvalue weighted by Gasteiger charge is -2.03. The summed E-state index contributed by atoms with van der Waals surface area (Å²) in [4.78, 5) is 16.7. The first-order valence-electron chi connectivity index (χ1n) is 7.80. The largest absolute Gasteiger partial charge is 0.411 e. The molecule has 4 aromatic rings. The number of pyridine rings is 1. The molecule has 3 aromatic heterocycles. The van der Waals surface area contributed by atoms with Gasteiger partial charge in [0.1, 0.15) is 11.5 Å². The van der Waals surface area contributed by atoms with Crippen molar-refractivity contribution in [2.24, 2.45) is 0 Å². The van der Waals surface area contributed by atoms with Crippen LogP contribution in [0.5, 0.6) is 0 Å². The van der Waals surface area contributed by atoms with Gasteiger partial charge in [-0.05, 0) is 30.7 Å². The van der Waals surface area contributed by atoms with E-state index in [-0.39, 0.29) is 22.2 Å². The SMILES string of the molecule is Cc1ccc2nc(CSc3nnc(-c4ccccc4F)o3)cc(=O)n2c1. The number of thioether (sulfide) groups is 1. The van der Waals surface area contributed by atoms with E-state index in [2.05, 4.69) is 15.2 Å². The summed E-state index contributed by atoms with van der Waals surface area (Å²) in [5.74, 6) is 0.0817. The van der Waals surface area contributed by atoms with Gasteiger partial charge in [0.2, 0.25) is 0 Å². The maximum Gasteiger partial charge on any atom is 0.277 e. The van der Waals surface area contributed by atoms with E-state index in [9.17, 15) is 9.18 Å². The zero-order chi connectivity index (χ0) is 18.1. The second-order valence-electron chi connectivity index (χ2n) is 5.66. The summed E-state index contributed by atoms with van der Waals surface area (Å²) in [6.07, 6.45) is 1.75. The molecule has 0 amide bonds. The van der Waals surface area contributed by atoms with E-state index < -0.39 is 5.82 Å². The summed E-state index contributed by atoms with van der Waals surface area (Å²) >= 11 is 1.24. The number of nitrogens with zero attached hydrogens (tertiary/aromatic N) is 4. The van der Waals surface area contributed by atoms with Gasteiger partial charge in [-0.15, -0.1) is 10.2 Å². The Balaban J connectivity index is 1.55. The van der Waals surface area contributed by atoms with Gasteiger partial charge in [0.05, 0.1) is 11.3 Å². The van der Waals surface area contributed by atoms with E-state index >= 15 is 0 Å². The molecule has 0 N–H and O–H groups in total. The van der Waals surface area contributed by atoms with Gasteiger partial charge in [-0.1, -0.05) is 30.0 Å². The summed E-state index contributed by atoms with van der Waals surface area (Å²) in [7, 11) is 0. The Kier molecular flexibility index (Phi) is 4.26. The number of benzene rings is 1. The number of rotatable bonds is 4. The van der Waals surface area contributed by atoms with Crippen molar-refractivity contribution in [3.8, 4) is 11.5 Å². The second kappa shape index (κ2) is 6.72. The standard InChI is InChI=1S/C18H13FN4O2S/c1-11-6-7-15-20-12(8-16(24)23(15)9-11)10-26-18-22-21-17(25-18)13-4-2-3-5-14(13)19/h2-9H,10H2,1H3. The van der Waals surface area contributed by atoms with E-state index in [0.29, 0.717) is 17.1 Å². The highest BCUT2D eigenvalue weighted by molar-refractivity contribution is 7.98. The van der Waals surface area contributed by atoms with Gasteiger partial charge in [0.15, 0.2) is 0 Å². The van der Waals surface area contributed by atoms with E-state index in [1.165, 1.54) is 28.3 Å². The van der Waals surface area contributed by atoms with Crippen LogP contribution in [0, 0.1) is 12.7 Å². The molecular weight excluding hydrogens is 355 g/mol. The lowest BCUT2D eigenvalue weighted by molar-refractivity contribution is 0.462. The maximum absolute atomic E-state index is 13.8. The molecule has 0 saturated heterocycles. The van der Waals surface area contributed by atoms with Crippen LogP contribution >= 0.6 is 11.8 Å². The Morgan fingerprint density at radius 2 is 2.04 bits per heavy atom. The molecule has 0 radical (unpaired) electrons. The van der Waals surface area contributed by atoms with Crippen molar-refractivity contribution in [2.75, 3.05) is 0 Å². The summed E-state index contributed by atoms with van der Waals surface area (Å²) in [5.41, 5.74) is 2.27. The van der Waals surface area contributed by atoms with E-state index in [4.69, 9.17) is 4.42 Å². The van der Waals surface area contributed by atoms with Crippen molar-refractivity contribution in [1.82, 2.24) is 19.6 Å². The Labute approximate surface area is 151 Å². The zero-order valence-corrected chi connectivity index (χ0v) is 14.5. The molecule has 0 saturated carbocycles. The van der Waals surface area contributed by atoms with Gasteiger partial charge in [-0.2, -0.15) is 0 Å². The molecule has 0 atom stereocenters. The molecule has 0 fully saturated rings. The normalized spacial score (nSPS) is 11.2. The summed E-state index contributed by atoms with van der Waals surface area (Å²) < 4.78 is 20.8. The molecule has 26 heavy (non-hydrogen) atoms. The number of hydrogen-bond donors (Lipinski definition) is 0. The van der Waals surface area contributed by atoms with Crippen molar-refractivity contribution >= 4 is 17.4 Å². The lowest BCUT2D eigenvalue weighted by Crippen LogP contribution is -2.15. The minimum atomic E-state index is -0.424. The molecule has 4 rings (SSSR count). The van der Waals surface area contributed by atoms with Gasteiger partial charge in [0.25, 0.3) is 16.7 Å². The van der Waals surface area contributed by atoms with Gasteiger partial charge in [-0.3, -0.25) is 9.20 Å². The van der Waals surface area contributed by atoms with Crippen LogP contribution in [0.25, 0.3) is 17.1 Å². The van der Waals surface area contributed by atoms with Crippen LogP contribution in [0.15, 0.2) is 63.1 Å². The molecule has 130 valence electrons. The molecule has 0 unspecified atom stereocenters. The summed E-state index contributed by atoms with van der Waals surface area (Å²) in [6, 6.07) is 11.4. The Morgan fingerprint density at radius 1 is 1.19 bits per heavy atom. The highest BCUT2D eigenvalue weighted by Gasteiger charge is 2.13. The quantitative estimate of drug-likeness (QED) is 0.514. The third-order valence-corrected chi connectivity index (χ3v) is 4.57. The second-order valence-corrected chi connectivity index (χ2v) is 6.59. The first-order chi connectivity index (χ1) is 12.6. The van der Waals surface area contributed by atoms with Crippen LogP contribution in [0.4, 0.5) is 4.39 Å². The first kappa shape index (κ1) is 16.5. The Bertz CT molecular complexity index is 1160. The fraction of sp³-hybridized carbons (Fsp3) is 0.111. The molecule has 8 heteroatoms. The predicted molar refractivity (Wildman–Crippen MR) is 95.5 cm³/mol. The molecule has 0 aliphatic rings. The van der Waals surface area contributed by atoms with Crippen molar-refractivity contribution in [3.63, 3.8) is 0 Å². The number of halogens is 1. The van der Waals surface area contributed by atoms with Crippen LogP contribution in [0.2, 0.25) is 0 Å². The third-order valence-electron chi connectivity index (χ3n) is 3.71. The van der Waals surface area contributed by atoms with Gasteiger partial charge in [0, 0.05) is 18.0 Å². The van der Waals surface area contributed by atoms with E-state index in [1.807, 2.05) is 13.0 Å². The molecule has 6 nitrogen and oxygen atoms in total. The number of fused-ring (bicyclic) bond motifs is 1. The lowest BCUT2D eigenvalue weighted by atomic mass is 10.2. The third kappa shape index (κ3) is 3.23. The van der Waals surface area contributed by atoms with E-state index in [0.717, 1.165) is 5.56 Å². The highest BCUT2D eigenvalue weighted by Crippen LogP contribution is 2.26. The zero-order valence-electron chi connectivity index (χ0n) is 13.7. The number of aryl methyl sites for hydroxylation is 1.